The van der Waals surface area contributed by atoms with Crippen molar-refractivity contribution in [3.8, 4) is 0 Å². The monoisotopic (exact) mass is 278 g/mol. The van der Waals surface area contributed by atoms with Crippen molar-refractivity contribution in [1.29, 1.82) is 0 Å². The highest BCUT2D eigenvalue weighted by molar-refractivity contribution is 7.98. The number of fused-ring (bicyclic) bond motifs is 2. The predicted octanol–water partition coefficient (Wildman–Crippen LogP) is 5.24. The number of hydrogen-bond acceptors (Lipinski definition) is 1. The summed E-state index contributed by atoms with van der Waals surface area (Å²) in [6.45, 7) is 2.11. The van der Waals surface area contributed by atoms with E-state index in [1.807, 2.05) is 18.2 Å². The lowest BCUT2D eigenvalue weighted by molar-refractivity contribution is 0.622. The minimum absolute atomic E-state index is 0.174. The standard InChI is InChI=1S/C15H12ClFS/c1-9-11-3-2-4-14(16)13(11)8-18-15-6-5-10(17)7-12(9)15/h2-7,9H,8H2,1H3. The summed E-state index contributed by atoms with van der Waals surface area (Å²) in [5.41, 5.74) is 3.44. The Kier molecular flexibility index (Phi) is 3.08. The summed E-state index contributed by atoms with van der Waals surface area (Å²) in [6, 6.07) is 11.0. The number of rotatable bonds is 0. The lowest BCUT2D eigenvalue weighted by Gasteiger charge is -2.15. The first-order chi connectivity index (χ1) is 8.66. The molecule has 0 saturated heterocycles. The van der Waals surface area contributed by atoms with Crippen LogP contribution < -0.4 is 0 Å². The summed E-state index contributed by atoms with van der Waals surface area (Å²) in [6.07, 6.45) is 0. The van der Waals surface area contributed by atoms with Gasteiger partial charge in [-0.15, -0.1) is 11.8 Å². The molecule has 0 nitrogen and oxygen atoms in total. The molecule has 0 saturated carbocycles. The first-order valence-electron chi connectivity index (χ1n) is 5.86. The van der Waals surface area contributed by atoms with Crippen LogP contribution in [0.3, 0.4) is 0 Å². The van der Waals surface area contributed by atoms with Crippen molar-refractivity contribution in [2.24, 2.45) is 0 Å². The molecule has 0 aliphatic carbocycles. The van der Waals surface area contributed by atoms with Crippen LogP contribution in [0, 0.1) is 5.82 Å². The molecule has 92 valence electrons. The van der Waals surface area contributed by atoms with Gasteiger partial charge in [0.05, 0.1) is 0 Å². The molecule has 0 amide bonds. The van der Waals surface area contributed by atoms with Crippen molar-refractivity contribution in [1.82, 2.24) is 0 Å². The van der Waals surface area contributed by atoms with Gasteiger partial charge in [0, 0.05) is 21.6 Å². The lowest BCUT2D eigenvalue weighted by Crippen LogP contribution is -1.99. The van der Waals surface area contributed by atoms with E-state index in [-0.39, 0.29) is 11.7 Å². The van der Waals surface area contributed by atoms with Crippen molar-refractivity contribution < 1.29 is 4.39 Å². The molecule has 0 N–H and O–H groups in total. The van der Waals surface area contributed by atoms with Gasteiger partial charge in [-0.25, -0.2) is 4.39 Å². The van der Waals surface area contributed by atoms with Gasteiger partial charge in [0.25, 0.3) is 0 Å². The molecule has 3 heteroatoms. The number of halogens is 2. The van der Waals surface area contributed by atoms with Gasteiger partial charge in [-0.3, -0.25) is 0 Å². The average Bonchev–Trinajstić information content (AvgIpc) is 2.50. The summed E-state index contributed by atoms with van der Waals surface area (Å²) in [7, 11) is 0. The van der Waals surface area contributed by atoms with E-state index in [0.717, 1.165) is 21.2 Å². The van der Waals surface area contributed by atoms with Gasteiger partial charge < -0.3 is 0 Å². The van der Waals surface area contributed by atoms with E-state index in [2.05, 4.69) is 13.0 Å². The van der Waals surface area contributed by atoms with Crippen LogP contribution in [0.5, 0.6) is 0 Å². The number of benzene rings is 2. The largest absolute Gasteiger partial charge is 0.207 e. The van der Waals surface area contributed by atoms with Crippen molar-refractivity contribution in [3.63, 3.8) is 0 Å². The fourth-order valence-electron chi connectivity index (χ4n) is 2.44. The van der Waals surface area contributed by atoms with Crippen LogP contribution in [0.15, 0.2) is 41.3 Å². The highest BCUT2D eigenvalue weighted by atomic mass is 35.5. The minimum atomic E-state index is -0.174. The second-order valence-corrected chi connectivity index (χ2v) is 5.92. The molecule has 0 spiro atoms. The molecule has 0 radical (unpaired) electrons. The Balaban J connectivity index is 2.20. The van der Waals surface area contributed by atoms with E-state index in [4.69, 9.17) is 11.6 Å². The van der Waals surface area contributed by atoms with E-state index in [1.54, 1.807) is 17.8 Å². The van der Waals surface area contributed by atoms with Crippen molar-refractivity contribution in [2.45, 2.75) is 23.5 Å². The van der Waals surface area contributed by atoms with Crippen LogP contribution in [0.25, 0.3) is 0 Å². The Bertz CT molecular complexity index is 607. The van der Waals surface area contributed by atoms with Crippen molar-refractivity contribution in [2.75, 3.05) is 0 Å². The fourth-order valence-corrected chi connectivity index (χ4v) is 3.96. The molecular formula is C15H12ClFS. The molecule has 0 fully saturated rings. The average molecular weight is 279 g/mol. The summed E-state index contributed by atoms with van der Waals surface area (Å²) in [5, 5.41) is 0.806. The van der Waals surface area contributed by atoms with Crippen LogP contribution in [0.2, 0.25) is 5.02 Å². The molecule has 2 aromatic carbocycles. The molecule has 0 bridgehead atoms. The SMILES string of the molecule is CC1c2cc(F)ccc2SCc2c(Cl)cccc21. The Morgan fingerprint density at radius 1 is 1.22 bits per heavy atom. The van der Waals surface area contributed by atoms with E-state index in [0.29, 0.717) is 0 Å². The third-order valence-corrected chi connectivity index (χ3v) is 4.90. The quantitative estimate of drug-likeness (QED) is 0.635. The fraction of sp³-hybridized carbons (Fsp3) is 0.200. The zero-order valence-electron chi connectivity index (χ0n) is 9.91. The lowest BCUT2D eigenvalue weighted by atomic mass is 9.90. The topological polar surface area (TPSA) is 0 Å². The van der Waals surface area contributed by atoms with E-state index < -0.39 is 0 Å². The highest BCUT2D eigenvalue weighted by Gasteiger charge is 2.22. The summed E-state index contributed by atoms with van der Waals surface area (Å²) < 4.78 is 13.4. The molecule has 1 heterocycles. The second kappa shape index (κ2) is 4.60. The molecule has 3 rings (SSSR count). The van der Waals surface area contributed by atoms with E-state index >= 15 is 0 Å². The van der Waals surface area contributed by atoms with E-state index in [9.17, 15) is 4.39 Å². The van der Waals surface area contributed by atoms with Crippen LogP contribution in [-0.4, -0.2) is 0 Å². The van der Waals surface area contributed by atoms with Crippen molar-refractivity contribution >= 4 is 23.4 Å². The van der Waals surface area contributed by atoms with Crippen molar-refractivity contribution in [3.05, 3.63) is 63.9 Å². The molecule has 1 aliphatic heterocycles. The van der Waals surface area contributed by atoms with Gasteiger partial charge in [-0.1, -0.05) is 30.7 Å². The summed E-state index contributed by atoms with van der Waals surface area (Å²) in [5.74, 6) is 0.851. The van der Waals surface area contributed by atoms with Gasteiger partial charge in [-0.05, 0) is 41.0 Å². The van der Waals surface area contributed by atoms with Gasteiger partial charge >= 0.3 is 0 Å². The van der Waals surface area contributed by atoms with Crippen LogP contribution >= 0.6 is 23.4 Å². The third-order valence-electron chi connectivity index (χ3n) is 3.43. The molecule has 1 aliphatic rings. The number of hydrogen-bond donors (Lipinski definition) is 0. The molecular weight excluding hydrogens is 267 g/mol. The van der Waals surface area contributed by atoms with Gasteiger partial charge in [0.2, 0.25) is 0 Å². The normalized spacial score (nSPS) is 17.8. The maximum Gasteiger partial charge on any atom is 0.123 e. The Hall–Kier alpha value is -0.990. The van der Waals surface area contributed by atoms with Crippen LogP contribution in [-0.2, 0) is 5.75 Å². The second-order valence-electron chi connectivity index (χ2n) is 4.50. The van der Waals surface area contributed by atoms with Gasteiger partial charge in [0.15, 0.2) is 0 Å². The molecule has 18 heavy (non-hydrogen) atoms. The molecule has 1 atom stereocenters. The maximum atomic E-state index is 13.4. The van der Waals surface area contributed by atoms with Gasteiger partial charge in [-0.2, -0.15) is 0 Å². The minimum Gasteiger partial charge on any atom is -0.207 e. The first kappa shape index (κ1) is 12.1. The highest BCUT2D eigenvalue weighted by Crippen LogP contribution is 2.42. The first-order valence-corrected chi connectivity index (χ1v) is 7.22. The third kappa shape index (κ3) is 1.94. The summed E-state index contributed by atoms with van der Waals surface area (Å²) in [4.78, 5) is 1.15. The Labute approximate surface area is 115 Å². The smallest absolute Gasteiger partial charge is 0.123 e. The van der Waals surface area contributed by atoms with Gasteiger partial charge in [0.1, 0.15) is 5.82 Å². The predicted molar refractivity (Wildman–Crippen MR) is 74.9 cm³/mol. The summed E-state index contributed by atoms with van der Waals surface area (Å²) >= 11 is 7.99. The zero-order valence-corrected chi connectivity index (χ0v) is 11.5. The van der Waals surface area contributed by atoms with Crippen LogP contribution in [0.4, 0.5) is 4.39 Å². The molecule has 0 aromatic heterocycles. The Morgan fingerprint density at radius 3 is 2.89 bits per heavy atom. The van der Waals surface area contributed by atoms with E-state index in [1.165, 1.54) is 17.2 Å². The Morgan fingerprint density at radius 2 is 2.06 bits per heavy atom. The molecule has 1 unspecified atom stereocenters. The van der Waals surface area contributed by atoms with Crippen LogP contribution in [0.1, 0.15) is 29.5 Å². The zero-order chi connectivity index (χ0) is 12.7. The molecule has 2 aromatic rings. The number of thioether (sulfide) groups is 1. The maximum absolute atomic E-state index is 13.4.